The van der Waals surface area contributed by atoms with E-state index in [0.29, 0.717) is 19.3 Å². The summed E-state index contributed by atoms with van der Waals surface area (Å²) < 4.78 is 16.7. The van der Waals surface area contributed by atoms with Crippen LogP contribution in [0.25, 0.3) is 0 Å². The second-order valence-corrected chi connectivity index (χ2v) is 16.0. The lowest BCUT2D eigenvalue weighted by Gasteiger charge is -2.18. The summed E-state index contributed by atoms with van der Waals surface area (Å²) in [4.78, 5) is 37.6. The highest BCUT2D eigenvalue weighted by atomic mass is 16.6. The molecule has 0 bridgehead atoms. The van der Waals surface area contributed by atoms with Crippen molar-refractivity contribution in [2.45, 2.75) is 258 Å². The average Bonchev–Trinajstić information content (AvgIpc) is 3.18. The van der Waals surface area contributed by atoms with Gasteiger partial charge in [0.1, 0.15) is 13.2 Å². The summed E-state index contributed by atoms with van der Waals surface area (Å²) in [6, 6.07) is 0. The lowest BCUT2D eigenvalue weighted by Crippen LogP contribution is -2.30. The van der Waals surface area contributed by atoms with Crippen molar-refractivity contribution in [3.05, 3.63) is 24.3 Å². The molecule has 0 N–H and O–H groups in total. The third kappa shape index (κ3) is 42.9. The predicted molar refractivity (Wildman–Crippen MR) is 233 cm³/mol. The van der Waals surface area contributed by atoms with E-state index in [1.54, 1.807) is 0 Å². The lowest BCUT2D eigenvalue weighted by atomic mass is 10.0. The minimum atomic E-state index is -0.763. The highest BCUT2D eigenvalue weighted by molar-refractivity contribution is 5.71. The summed E-state index contributed by atoms with van der Waals surface area (Å²) in [6.07, 6.45) is 48.9. The number of esters is 3. The van der Waals surface area contributed by atoms with E-state index in [-0.39, 0.29) is 31.1 Å². The molecular formula is C49H90O6. The zero-order valence-corrected chi connectivity index (χ0v) is 36.7. The van der Waals surface area contributed by atoms with E-state index in [1.807, 2.05) is 0 Å². The van der Waals surface area contributed by atoms with E-state index in [4.69, 9.17) is 14.2 Å². The molecule has 6 heteroatoms. The summed E-state index contributed by atoms with van der Waals surface area (Å²) in [5, 5.41) is 0. The van der Waals surface area contributed by atoms with Crippen LogP contribution in [0.1, 0.15) is 252 Å². The Morgan fingerprint density at radius 3 is 1.04 bits per heavy atom. The highest BCUT2D eigenvalue weighted by Crippen LogP contribution is 2.15. The molecule has 0 aliphatic heterocycles. The van der Waals surface area contributed by atoms with Gasteiger partial charge >= 0.3 is 17.9 Å². The second kappa shape index (κ2) is 44.6. The van der Waals surface area contributed by atoms with E-state index in [1.165, 1.54) is 148 Å². The molecule has 0 amide bonds. The van der Waals surface area contributed by atoms with Gasteiger partial charge in [0.2, 0.25) is 0 Å². The van der Waals surface area contributed by atoms with E-state index >= 15 is 0 Å². The summed E-state index contributed by atoms with van der Waals surface area (Å²) in [7, 11) is 0. The zero-order valence-electron chi connectivity index (χ0n) is 36.7. The van der Waals surface area contributed by atoms with Crippen LogP contribution in [-0.4, -0.2) is 37.2 Å². The number of hydrogen-bond acceptors (Lipinski definition) is 6. The third-order valence-electron chi connectivity index (χ3n) is 10.5. The van der Waals surface area contributed by atoms with Gasteiger partial charge in [-0.15, -0.1) is 0 Å². The van der Waals surface area contributed by atoms with Gasteiger partial charge in [-0.05, 0) is 51.4 Å². The van der Waals surface area contributed by atoms with Gasteiger partial charge < -0.3 is 14.2 Å². The molecule has 0 aliphatic carbocycles. The van der Waals surface area contributed by atoms with Crippen LogP contribution in [0.5, 0.6) is 0 Å². The summed E-state index contributed by atoms with van der Waals surface area (Å²) in [5.41, 5.74) is 0. The number of carbonyl (C=O) groups excluding carboxylic acids is 3. The Bertz CT molecular complexity index is 896. The van der Waals surface area contributed by atoms with Crippen LogP contribution in [0.4, 0.5) is 0 Å². The van der Waals surface area contributed by atoms with E-state index < -0.39 is 6.10 Å². The number of unbranched alkanes of at least 4 members (excludes halogenated alkanes) is 28. The number of hydrogen-bond donors (Lipinski definition) is 0. The molecule has 1 atom stereocenters. The zero-order chi connectivity index (χ0) is 40.1. The predicted octanol–water partition coefficient (Wildman–Crippen LogP) is 15.2. The Balaban J connectivity index is 4.19. The molecule has 6 nitrogen and oxygen atoms in total. The SMILES string of the molecule is CCCCC/C=C\C/C=C\CCCCCCCCCCCC(=O)OCC(COC(=O)CCCCCCCC)OC(=O)CCCCCCCCCCCCCC. The molecule has 322 valence electrons. The molecule has 0 aromatic rings. The van der Waals surface area contributed by atoms with Gasteiger partial charge in [0.15, 0.2) is 6.10 Å². The van der Waals surface area contributed by atoms with E-state index in [9.17, 15) is 14.4 Å². The number of rotatable bonds is 43. The van der Waals surface area contributed by atoms with Crippen molar-refractivity contribution in [2.24, 2.45) is 0 Å². The van der Waals surface area contributed by atoms with Crippen molar-refractivity contribution in [2.75, 3.05) is 13.2 Å². The molecule has 0 aromatic heterocycles. The van der Waals surface area contributed by atoms with Gasteiger partial charge in [-0.25, -0.2) is 0 Å². The largest absolute Gasteiger partial charge is 0.462 e. The Labute approximate surface area is 341 Å². The van der Waals surface area contributed by atoms with Gasteiger partial charge in [-0.2, -0.15) is 0 Å². The molecule has 0 spiro atoms. The lowest BCUT2D eigenvalue weighted by molar-refractivity contribution is -0.167. The summed E-state index contributed by atoms with van der Waals surface area (Å²) >= 11 is 0. The van der Waals surface area contributed by atoms with Gasteiger partial charge in [-0.1, -0.05) is 206 Å². The Morgan fingerprint density at radius 2 is 0.655 bits per heavy atom. The van der Waals surface area contributed by atoms with E-state index in [2.05, 4.69) is 45.1 Å². The van der Waals surface area contributed by atoms with Crippen molar-refractivity contribution in [1.82, 2.24) is 0 Å². The quantitative estimate of drug-likeness (QED) is 0.0266. The van der Waals surface area contributed by atoms with Crippen LogP contribution < -0.4 is 0 Å². The van der Waals surface area contributed by atoms with Crippen LogP contribution in [0.3, 0.4) is 0 Å². The number of allylic oxidation sites excluding steroid dienone is 4. The van der Waals surface area contributed by atoms with Crippen LogP contribution in [-0.2, 0) is 28.6 Å². The third-order valence-corrected chi connectivity index (χ3v) is 10.5. The first-order chi connectivity index (χ1) is 27.0. The maximum atomic E-state index is 12.7. The monoisotopic (exact) mass is 775 g/mol. The molecular weight excluding hydrogens is 685 g/mol. The molecule has 1 unspecified atom stereocenters. The van der Waals surface area contributed by atoms with Crippen molar-refractivity contribution in [1.29, 1.82) is 0 Å². The highest BCUT2D eigenvalue weighted by Gasteiger charge is 2.19. The van der Waals surface area contributed by atoms with Crippen molar-refractivity contribution < 1.29 is 28.6 Å². The Kier molecular flexibility index (Phi) is 42.9. The molecule has 55 heavy (non-hydrogen) atoms. The summed E-state index contributed by atoms with van der Waals surface area (Å²) in [5.74, 6) is -0.876. The standard InChI is InChI=1S/C49H90O6/c1-4-7-10-13-16-18-20-22-23-24-25-26-27-28-30-31-33-36-39-42-48(51)54-45-46(44-53-47(50)41-38-35-15-12-9-6-3)55-49(52)43-40-37-34-32-29-21-19-17-14-11-8-5-2/h16,18,22-23,46H,4-15,17,19-21,24-45H2,1-3H3/b18-16-,23-22-. The molecule has 0 saturated heterocycles. The molecule has 0 saturated carbocycles. The van der Waals surface area contributed by atoms with Gasteiger partial charge in [-0.3, -0.25) is 14.4 Å². The smallest absolute Gasteiger partial charge is 0.306 e. The fraction of sp³-hybridized carbons (Fsp3) is 0.857. The Hall–Kier alpha value is -2.11. The first kappa shape index (κ1) is 52.9. The van der Waals surface area contributed by atoms with Crippen molar-refractivity contribution in [3.8, 4) is 0 Å². The molecule has 0 fully saturated rings. The molecule has 0 heterocycles. The average molecular weight is 775 g/mol. The van der Waals surface area contributed by atoms with Crippen molar-refractivity contribution in [3.63, 3.8) is 0 Å². The maximum absolute atomic E-state index is 12.7. The van der Waals surface area contributed by atoms with Crippen LogP contribution >= 0.6 is 0 Å². The first-order valence-corrected chi connectivity index (χ1v) is 23.8. The molecule has 0 radical (unpaired) electrons. The molecule has 0 rings (SSSR count). The first-order valence-electron chi connectivity index (χ1n) is 23.8. The van der Waals surface area contributed by atoms with Gasteiger partial charge in [0.25, 0.3) is 0 Å². The normalized spacial score (nSPS) is 12.1. The number of ether oxygens (including phenoxy) is 3. The van der Waals surface area contributed by atoms with Crippen molar-refractivity contribution >= 4 is 17.9 Å². The van der Waals surface area contributed by atoms with Crippen LogP contribution in [0, 0.1) is 0 Å². The second-order valence-electron chi connectivity index (χ2n) is 16.0. The van der Waals surface area contributed by atoms with Gasteiger partial charge in [0, 0.05) is 19.3 Å². The molecule has 0 aromatic carbocycles. The molecule has 0 aliphatic rings. The van der Waals surface area contributed by atoms with E-state index in [0.717, 1.165) is 64.2 Å². The maximum Gasteiger partial charge on any atom is 0.306 e. The summed E-state index contributed by atoms with van der Waals surface area (Å²) in [6.45, 7) is 6.56. The Morgan fingerprint density at radius 1 is 0.364 bits per heavy atom. The topological polar surface area (TPSA) is 78.9 Å². The number of carbonyl (C=O) groups is 3. The fourth-order valence-electron chi connectivity index (χ4n) is 6.82. The fourth-order valence-corrected chi connectivity index (χ4v) is 6.82. The van der Waals surface area contributed by atoms with Crippen LogP contribution in [0.2, 0.25) is 0 Å². The minimum Gasteiger partial charge on any atom is -0.462 e. The minimum absolute atomic E-state index is 0.0698. The van der Waals surface area contributed by atoms with Gasteiger partial charge in [0.05, 0.1) is 0 Å². The van der Waals surface area contributed by atoms with Crippen LogP contribution in [0.15, 0.2) is 24.3 Å².